The molecule has 0 aliphatic rings. The summed E-state index contributed by atoms with van der Waals surface area (Å²) in [5, 5.41) is 20.7. The highest BCUT2D eigenvalue weighted by Crippen LogP contribution is 1.57. The Balaban J connectivity index is -0.000000140. The van der Waals surface area contributed by atoms with Gasteiger partial charge in [-0.3, -0.25) is 14.4 Å². The maximum Gasteiger partial charge on any atom is 0.290 e. The summed E-state index contributed by atoms with van der Waals surface area (Å²) in [6.07, 6.45) is 4.31. The van der Waals surface area contributed by atoms with Crippen LogP contribution in [-0.4, -0.2) is 49.7 Å². The van der Waals surface area contributed by atoms with Crippen molar-refractivity contribution in [3.63, 3.8) is 0 Å². The molecule has 1 aromatic heterocycles. The monoisotopic (exact) mass is 219 g/mol. The van der Waals surface area contributed by atoms with Crippen molar-refractivity contribution in [2.45, 2.75) is 0 Å². The van der Waals surface area contributed by atoms with Gasteiger partial charge in [-0.2, -0.15) is 0 Å². The number of carboxylic acid groups (broad SMARTS) is 3. The standard InChI is InChI=1S/C3H3N3.3CH2O2/c1-4-2-6-3-5-1;3*2-1-3/h1-3H;3*1H,(H,2,3). The molecule has 0 aliphatic carbocycles. The van der Waals surface area contributed by atoms with E-state index in [9.17, 15) is 0 Å². The van der Waals surface area contributed by atoms with Crippen LogP contribution in [0.2, 0.25) is 0 Å². The van der Waals surface area contributed by atoms with E-state index in [-0.39, 0.29) is 19.4 Å². The van der Waals surface area contributed by atoms with Gasteiger partial charge < -0.3 is 15.3 Å². The average Bonchev–Trinajstić information content (AvgIpc) is 2.24. The molecule has 9 nitrogen and oxygen atoms in total. The Morgan fingerprint density at radius 1 is 0.667 bits per heavy atom. The van der Waals surface area contributed by atoms with Gasteiger partial charge in [0.05, 0.1) is 0 Å². The first-order valence-corrected chi connectivity index (χ1v) is 3.03. The fraction of sp³-hybridized carbons (Fsp3) is 0. The van der Waals surface area contributed by atoms with Crippen molar-refractivity contribution in [3.8, 4) is 0 Å². The van der Waals surface area contributed by atoms with Crippen LogP contribution in [0.5, 0.6) is 0 Å². The molecule has 0 spiro atoms. The molecule has 0 fully saturated rings. The predicted octanol–water partition coefficient (Wildman–Crippen LogP) is -1.03. The van der Waals surface area contributed by atoms with Gasteiger partial charge in [-0.15, -0.1) is 0 Å². The Morgan fingerprint density at radius 2 is 0.800 bits per heavy atom. The highest BCUT2D eigenvalue weighted by Gasteiger charge is 1.59. The molecule has 0 unspecified atom stereocenters. The average molecular weight is 219 g/mol. The lowest BCUT2D eigenvalue weighted by atomic mass is 11.1. The fourth-order valence-corrected chi connectivity index (χ4v) is 0.205. The molecule has 1 aromatic rings. The Hall–Kier alpha value is -2.58. The first kappa shape index (κ1) is 18.3. The van der Waals surface area contributed by atoms with E-state index >= 15 is 0 Å². The summed E-state index contributed by atoms with van der Waals surface area (Å²) < 4.78 is 0. The largest absolute Gasteiger partial charge is 0.483 e. The molecule has 0 radical (unpaired) electrons. The molecule has 1 heterocycles. The summed E-state index contributed by atoms with van der Waals surface area (Å²) in [5.41, 5.74) is 0. The van der Waals surface area contributed by atoms with E-state index in [1.54, 1.807) is 0 Å². The molecule has 0 amide bonds. The summed E-state index contributed by atoms with van der Waals surface area (Å²) in [7, 11) is 0. The number of nitrogens with zero attached hydrogens (tertiary/aromatic N) is 3. The lowest BCUT2D eigenvalue weighted by molar-refractivity contribution is -0.123. The molecular formula is C6H9N3O6. The summed E-state index contributed by atoms with van der Waals surface area (Å²) in [6, 6.07) is 0. The van der Waals surface area contributed by atoms with Gasteiger partial charge in [-0.1, -0.05) is 0 Å². The number of aromatic nitrogens is 3. The number of rotatable bonds is 0. The minimum atomic E-state index is -0.250. The van der Waals surface area contributed by atoms with Crippen LogP contribution in [0.25, 0.3) is 0 Å². The smallest absolute Gasteiger partial charge is 0.290 e. The first-order chi connectivity index (χ1) is 7.24. The summed E-state index contributed by atoms with van der Waals surface area (Å²) in [5.74, 6) is 0. The van der Waals surface area contributed by atoms with E-state index in [2.05, 4.69) is 15.0 Å². The second-order valence-electron chi connectivity index (χ2n) is 1.11. The number of hydrogen-bond acceptors (Lipinski definition) is 6. The quantitative estimate of drug-likeness (QED) is 0.465. The van der Waals surface area contributed by atoms with E-state index in [0.29, 0.717) is 0 Å². The van der Waals surface area contributed by atoms with Crippen LogP contribution >= 0.6 is 0 Å². The minimum Gasteiger partial charge on any atom is -0.483 e. The first-order valence-electron chi connectivity index (χ1n) is 3.03. The SMILES string of the molecule is O=CO.O=CO.O=CO.c1ncncn1. The zero-order valence-electron chi connectivity index (χ0n) is 7.37. The fourth-order valence-electron chi connectivity index (χ4n) is 0.205. The van der Waals surface area contributed by atoms with Crippen molar-refractivity contribution < 1.29 is 29.7 Å². The topological polar surface area (TPSA) is 151 Å². The normalized spacial score (nSPS) is 5.60. The van der Waals surface area contributed by atoms with Crippen LogP contribution in [0.1, 0.15) is 0 Å². The molecule has 0 saturated heterocycles. The molecule has 9 heteroatoms. The summed E-state index contributed by atoms with van der Waals surface area (Å²) in [4.78, 5) is 35.8. The van der Waals surface area contributed by atoms with Crippen molar-refractivity contribution in [3.05, 3.63) is 19.0 Å². The molecule has 3 N–H and O–H groups in total. The van der Waals surface area contributed by atoms with Crippen LogP contribution in [-0.2, 0) is 14.4 Å². The Morgan fingerprint density at radius 3 is 0.867 bits per heavy atom. The van der Waals surface area contributed by atoms with Crippen molar-refractivity contribution in [2.75, 3.05) is 0 Å². The van der Waals surface area contributed by atoms with Crippen LogP contribution in [0.3, 0.4) is 0 Å². The molecule has 0 atom stereocenters. The molecular weight excluding hydrogens is 210 g/mol. The molecule has 15 heavy (non-hydrogen) atoms. The molecule has 1 rings (SSSR count). The van der Waals surface area contributed by atoms with E-state index in [0.717, 1.165) is 0 Å². The van der Waals surface area contributed by atoms with E-state index in [1.165, 1.54) is 19.0 Å². The molecule has 84 valence electrons. The third-order valence-corrected chi connectivity index (χ3v) is 0.400. The second-order valence-corrected chi connectivity index (χ2v) is 1.11. The zero-order valence-corrected chi connectivity index (χ0v) is 7.37. The predicted molar refractivity (Wildman–Crippen MR) is 45.9 cm³/mol. The maximum absolute atomic E-state index is 8.36. The third-order valence-electron chi connectivity index (χ3n) is 0.400. The van der Waals surface area contributed by atoms with Gasteiger partial charge in [-0.25, -0.2) is 15.0 Å². The molecule has 0 saturated carbocycles. The van der Waals surface area contributed by atoms with Crippen LogP contribution < -0.4 is 0 Å². The van der Waals surface area contributed by atoms with Gasteiger partial charge in [-0.05, 0) is 0 Å². The van der Waals surface area contributed by atoms with Crippen LogP contribution in [0.4, 0.5) is 0 Å². The van der Waals surface area contributed by atoms with E-state index in [1.807, 2.05) is 0 Å². The second kappa shape index (κ2) is 30.1. The van der Waals surface area contributed by atoms with Crippen molar-refractivity contribution >= 4 is 19.4 Å². The van der Waals surface area contributed by atoms with Gasteiger partial charge in [0.1, 0.15) is 19.0 Å². The maximum atomic E-state index is 8.36. The van der Waals surface area contributed by atoms with E-state index in [4.69, 9.17) is 29.7 Å². The molecule has 0 bridgehead atoms. The minimum absolute atomic E-state index is 0.250. The number of carbonyl (C=O) groups is 3. The highest BCUT2D eigenvalue weighted by molar-refractivity contribution is 5.33. The van der Waals surface area contributed by atoms with Gasteiger partial charge in [0.25, 0.3) is 19.4 Å². The Labute approximate surface area is 84.1 Å². The lowest BCUT2D eigenvalue weighted by Crippen LogP contribution is -1.73. The summed E-state index contributed by atoms with van der Waals surface area (Å²) in [6.45, 7) is -0.750. The zero-order chi connectivity index (χ0) is 12.4. The van der Waals surface area contributed by atoms with Crippen LogP contribution in [0, 0.1) is 0 Å². The van der Waals surface area contributed by atoms with Crippen LogP contribution in [0.15, 0.2) is 19.0 Å². The highest BCUT2D eigenvalue weighted by atomic mass is 16.4. The number of hydrogen-bond donors (Lipinski definition) is 3. The van der Waals surface area contributed by atoms with Crippen molar-refractivity contribution in [1.82, 2.24) is 15.0 Å². The molecule has 0 aromatic carbocycles. The molecule has 0 aliphatic heterocycles. The van der Waals surface area contributed by atoms with Gasteiger partial charge in [0.2, 0.25) is 0 Å². The van der Waals surface area contributed by atoms with Crippen molar-refractivity contribution in [2.24, 2.45) is 0 Å². The Kier molecular flexibility index (Phi) is 36.6. The lowest BCUT2D eigenvalue weighted by Gasteiger charge is -1.69. The summed E-state index contributed by atoms with van der Waals surface area (Å²) >= 11 is 0. The van der Waals surface area contributed by atoms with Gasteiger partial charge >= 0.3 is 0 Å². The van der Waals surface area contributed by atoms with Gasteiger partial charge in [0.15, 0.2) is 0 Å². The Bertz CT molecular complexity index is 178. The van der Waals surface area contributed by atoms with E-state index < -0.39 is 0 Å². The third kappa shape index (κ3) is 86.6. The van der Waals surface area contributed by atoms with Gasteiger partial charge in [0, 0.05) is 0 Å². The van der Waals surface area contributed by atoms with Crippen molar-refractivity contribution in [1.29, 1.82) is 0 Å².